The zero-order valence-corrected chi connectivity index (χ0v) is 13.8. The minimum atomic E-state index is -0.807. The van der Waals surface area contributed by atoms with Gasteiger partial charge in [0, 0.05) is 30.3 Å². The summed E-state index contributed by atoms with van der Waals surface area (Å²) >= 11 is 0. The first-order chi connectivity index (χ1) is 12.1. The predicted molar refractivity (Wildman–Crippen MR) is 92.0 cm³/mol. The molecule has 4 aliphatic rings. The van der Waals surface area contributed by atoms with Crippen LogP contribution >= 0.6 is 0 Å². The minimum Gasteiger partial charge on any atom is -0.481 e. The van der Waals surface area contributed by atoms with Crippen molar-refractivity contribution in [3.05, 3.63) is 71.0 Å². The Kier molecular flexibility index (Phi) is 2.97. The molecule has 3 aliphatic carbocycles. The average Bonchev–Trinajstić information content (AvgIpc) is 3.10. The van der Waals surface area contributed by atoms with Crippen molar-refractivity contribution in [3.8, 4) is 0 Å². The minimum absolute atomic E-state index is 0.0247. The molecular weight excluding hydrogens is 317 g/mol. The van der Waals surface area contributed by atoms with Crippen molar-refractivity contribution in [1.29, 1.82) is 0 Å². The lowest BCUT2D eigenvalue weighted by molar-refractivity contribution is -0.157. The third kappa shape index (κ3) is 1.66. The highest BCUT2D eigenvalue weighted by Gasteiger charge is 2.68. The summed E-state index contributed by atoms with van der Waals surface area (Å²) in [7, 11) is 0. The molecular formula is C21H20FNO2. The molecule has 4 atom stereocenters. The molecule has 6 rings (SSSR count). The summed E-state index contributed by atoms with van der Waals surface area (Å²) in [5.41, 5.74) is 2.01. The molecule has 4 unspecified atom stereocenters. The lowest BCUT2D eigenvalue weighted by atomic mass is 9.42. The van der Waals surface area contributed by atoms with Crippen molar-refractivity contribution < 1.29 is 14.3 Å². The van der Waals surface area contributed by atoms with E-state index in [0.717, 1.165) is 24.0 Å². The highest BCUT2D eigenvalue weighted by molar-refractivity contribution is 5.80. The molecule has 2 aromatic carbocycles. The fraction of sp³-hybridized carbons (Fsp3) is 0.381. The van der Waals surface area contributed by atoms with Crippen LogP contribution < -0.4 is 5.32 Å². The smallest absolute Gasteiger partial charge is 0.311 e. The SMILES string of the molecule is O=C(O)C12CNCC1C1(c3cccc(F)c3)CCC2c2ccccc21. The van der Waals surface area contributed by atoms with Crippen molar-refractivity contribution in [3.63, 3.8) is 0 Å². The molecule has 2 bridgehead atoms. The number of nitrogens with one attached hydrogen (secondary N) is 1. The number of fused-ring (bicyclic) bond motifs is 1. The number of carboxylic acids is 1. The van der Waals surface area contributed by atoms with Crippen LogP contribution in [0.4, 0.5) is 4.39 Å². The van der Waals surface area contributed by atoms with Gasteiger partial charge in [-0.05, 0) is 41.7 Å². The molecule has 4 heteroatoms. The van der Waals surface area contributed by atoms with Crippen LogP contribution in [0.25, 0.3) is 0 Å². The fourth-order valence-electron chi connectivity index (χ4n) is 6.12. The number of carbonyl (C=O) groups is 1. The van der Waals surface area contributed by atoms with Crippen LogP contribution in [-0.2, 0) is 10.2 Å². The largest absolute Gasteiger partial charge is 0.481 e. The second-order valence-electron chi connectivity index (χ2n) is 7.69. The lowest BCUT2D eigenvalue weighted by Crippen LogP contribution is -2.60. The Balaban J connectivity index is 1.86. The van der Waals surface area contributed by atoms with Gasteiger partial charge in [0.25, 0.3) is 0 Å². The van der Waals surface area contributed by atoms with Crippen molar-refractivity contribution in [1.82, 2.24) is 5.32 Å². The van der Waals surface area contributed by atoms with Crippen LogP contribution in [0, 0.1) is 17.2 Å². The van der Waals surface area contributed by atoms with Gasteiger partial charge in [0.05, 0.1) is 5.41 Å². The van der Waals surface area contributed by atoms with Gasteiger partial charge < -0.3 is 10.4 Å². The maximum Gasteiger partial charge on any atom is 0.311 e. The molecule has 1 saturated heterocycles. The maximum atomic E-state index is 14.1. The first-order valence-electron chi connectivity index (χ1n) is 8.90. The van der Waals surface area contributed by atoms with E-state index in [2.05, 4.69) is 17.4 Å². The summed E-state index contributed by atoms with van der Waals surface area (Å²) in [5, 5.41) is 13.6. The highest BCUT2D eigenvalue weighted by Crippen LogP contribution is 2.67. The third-order valence-corrected chi connectivity index (χ3v) is 6.99. The van der Waals surface area contributed by atoms with Crippen LogP contribution in [-0.4, -0.2) is 24.2 Å². The Morgan fingerprint density at radius 3 is 2.84 bits per heavy atom. The summed E-state index contributed by atoms with van der Waals surface area (Å²) in [5.74, 6) is -1.02. The van der Waals surface area contributed by atoms with Gasteiger partial charge in [-0.3, -0.25) is 4.79 Å². The van der Waals surface area contributed by atoms with Gasteiger partial charge in [-0.15, -0.1) is 0 Å². The normalized spacial score (nSPS) is 35.2. The molecule has 2 aromatic rings. The Morgan fingerprint density at radius 2 is 2.04 bits per heavy atom. The number of rotatable bonds is 2. The monoisotopic (exact) mass is 337 g/mol. The second kappa shape index (κ2) is 4.92. The van der Waals surface area contributed by atoms with Crippen LogP contribution in [0.15, 0.2) is 48.5 Å². The maximum absolute atomic E-state index is 14.1. The van der Waals surface area contributed by atoms with Crippen LogP contribution in [0.3, 0.4) is 0 Å². The molecule has 0 radical (unpaired) electrons. The van der Waals surface area contributed by atoms with E-state index in [4.69, 9.17) is 0 Å². The molecule has 0 amide bonds. The van der Waals surface area contributed by atoms with Crippen LogP contribution in [0.5, 0.6) is 0 Å². The van der Waals surface area contributed by atoms with Crippen LogP contribution in [0.1, 0.15) is 35.4 Å². The second-order valence-corrected chi connectivity index (χ2v) is 7.69. The molecule has 2 fully saturated rings. The summed E-state index contributed by atoms with van der Waals surface area (Å²) in [6.07, 6.45) is 1.71. The molecule has 1 aliphatic heterocycles. The quantitative estimate of drug-likeness (QED) is 0.884. The molecule has 0 spiro atoms. The molecule has 0 aromatic heterocycles. The van der Waals surface area contributed by atoms with Gasteiger partial charge >= 0.3 is 5.97 Å². The topological polar surface area (TPSA) is 49.3 Å². The number of carboxylic acid groups (broad SMARTS) is 1. The van der Waals surface area contributed by atoms with E-state index >= 15 is 0 Å². The summed E-state index contributed by atoms with van der Waals surface area (Å²) < 4.78 is 14.1. The lowest BCUT2D eigenvalue weighted by Gasteiger charge is -2.59. The van der Waals surface area contributed by atoms with Crippen LogP contribution in [0.2, 0.25) is 0 Å². The Bertz CT molecular complexity index is 882. The average molecular weight is 337 g/mol. The van der Waals surface area contributed by atoms with E-state index in [9.17, 15) is 14.3 Å². The Labute approximate surface area is 145 Å². The van der Waals surface area contributed by atoms with Crippen molar-refractivity contribution >= 4 is 5.97 Å². The highest BCUT2D eigenvalue weighted by atomic mass is 19.1. The summed E-state index contributed by atoms with van der Waals surface area (Å²) in [4.78, 5) is 12.5. The zero-order valence-electron chi connectivity index (χ0n) is 13.8. The predicted octanol–water partition coefficient (Wildman–Crippen LogP) is 3.29. The molecule has 128 valence electrons. The van der Waals surface area contributed by atoms with Crippen molar-refractivity contribution in [2.45, 2.75) is 24.2 Å². The molecule has 2 N–H and O–H groups in total. The van der Waals surface area contributed by atoms with Gasteiger partial charge in [-0.2, -0.15) is 0 Å². The Hall–Kier alpha value is -2.20. The first kappa shape index (κ1) is 15.1. The van der Waals surface area contributed by atoms with E-state index in [1.54, 1.807) is 12.1 Å². The van der Waals surface area contributed by atoms with Crippen molar-refractivity contribution in [2.24, 2.45) is 11.3 Å². The molecule has 1 saturated carbocycles. The number of hydrogen-bond acceptors (Lipinski definition) is 2. The van der Waals surface area contributed by atoms with Gasteiger partial charge in [0.15, 0.2) is 0 Å². The summed E-state index contributed by atoms with van der Waals surface area (Å²) in [6.45, 7) is 1.15. The molecule has 1 heterocycles. The molecule has 25 heavy (non-hydrogen) atoms. The number of halogens is 1. The van der Waals surface area contributed by atoms with E-state index in [-0.39, 0.29) is 17.7 Å². The fourth-order valence-corrected chi connectivity index (χ4v) is 6.12. The van der Waals surface area contributed by atoms with Gasteiger partial charge in [-0.25, -0.2) is 4.39 Å². The van der Waals surface area contributed by atoms with E-state index < -0.39 is 16.8 Å². The van der Waals surface area contributed by atoms with E-state index in [0.29, 0.717) is 13.1 Å². The first-order valence-corrected chi connectivity index (χ1v) is 8.90. The van der Waals surface area contributed by atoms with E-state index in [1.165, 1.54) is 11.6 Å². The number of aliphatic carboxylic acids is 1. The number of benzene rings is 2. The van der Waals surface area contributed by atoms with E-state index in [1.807, 2.05) is 18.2 Å². The van der Waals surface area contributed by atoms with Crippen molar-refractivity contribution in [2.75, 3.05) is 13.1 Å². The Morgan fingerprint density at radius 1 is 1.20 bits per heavy atom. The summed E-state index contributed by atoms with van der Waals surface area (Å²) in [6, 6.07) is 15.0. The van der Waals surface area contributed by atoms with Gasteiger partial charge in [0.1, 0.15) is 5.82 Å². The third-order valence-electron chi connectivity index (χ3n) is 6.99. The zero-order chi connectivity index (χ0) is 17.2. The molecule has 3 nitrogen and oxygen atoms in total. The van der Waals surface area contributed by atoms with Gasteiger partial charge in [0.2, 0.25) is 0 Å². The standard InChI is InChI=1S/C21H20FNO2/c22-14-5-3-4-13(10-14)20-9-8-17(15-6-1-2-7-16(15)20)21(19(24)25)12-23-11-18(20)21/h1-7,10,17-18,23H,8-9,11-12H2,(H,24,25). The number of hydrogen-bond donors (Lipinski definition) is 2. The van der Waals surface area contributed by atoms with Gasteiger partial charge in [-0.1, -0.05) is 36.4 Å².